The van der Waals surface area contributed by atoms with Crippen molar-refractivity contribution in [1.29, 1.82) is 0 Å². The molecule has 0 fully saturated rings. The zero-order valence-electron chi connectivity index (χ0n) is 25.8. The zero-order valence-corrected chi connectivity index (χ0v) is 28.1. The Balaban J connectivity index is 0.00000357. The van der Waals surface area contributed by atoms with Gasteiger partial charge in [0.25, 0.3) is 0 Å². The van der Waals surface area contributed by atoms with Crippen molar-refractivity contribution in [3.63, 3.8) is 0 Å². The largest absolute Gasteiger partial charge is 2.00 e. The molecule has 0 N–H and O–H groups in total. The summed E-state index contributed by atoms with van der Waals surface area (Å²) in [7, 11) is 0. The van der Waals surface area contributed by atoms with Crippen molar-refractivity contribution in [1.82, 2.24) is 19.3 Å². The predicted molar refractivity (Wildman–Crippen MR) is 178 cm³/mol. The minimum absolute atomic E-state index is 0. The van der Waals surface area contributed by atoms with Crippen molar-refractivity contribution in [2.75, 3.05) is 0 Å². The summed E-state index contributed by atoms with van der Waals surface area (Å²) in [5, 5.41) is 6.96. The Kier molecular flexibility index (Phi) is 8.74. The third kappa shape index (κ3) is 5.73. The molecule has 0 aliphatic heterocycles. The minimum Gasteiger partial charge on any atom is -0.509 e. The Hall–Kier alpha value is -4.47. The topological polar surface area (TPSA) is 44.9 Å². The maximum Gasteiger partial charge on any atom is 2.00 e. The Labute approximate surface area is 278 Å². The number of benzene rings is 4. The molecule has 3 aromatic heterocycles. The van der Waals surface area contributed by atoms with Gasteiger partial charge in [-0.3, -0.25) is 4.68 Å². The number of para-hydroxylation sites is 1. The van der Waals surface area contributed by atoms with Gasteiger partial charge in [0, 0.05) is 35.0 Å². The SMILES string of the molecule is CCc1cccc(CC)c1-c1cnn(-c2[c-]c(Oc3[c-]c4c(cc3)c3ccccc3n4-c3cc(C(C)C)ccn3)ccc2)c1.[Pt+2]. The fourth-order valence-electron chi connectivity index (χ4n) is 6.03. The molecule has 0 saturated heterocycles. The van der Waals surface area contributed by atoms with Crippen LogP contribution >= 0.6 is 0 Å². The van der Waals surface area contributed by atoms with Crippen LogP contribution in [0.1, 0.15) is 50.3 Å². The van der Waals surface area contributed by atoms with Crippen LogP contribution < -0.4 is 4.74 Å². The van der Waals surface area contributed by atoms with Crippen LogP contribution in [0.2, 0.25) is 0 Å². The van der Waals surface area contributed by atoms with E-state index in [1.165, 1.54) is 22.3 Å². The van der Waals surface area contributed by atoms with E-state index in [4.69, 9.17) is 14.8 Å². The van der Waals surface area contributed by atoms with Gasteiger partial charge in [0.05, 0.1) is 6.20 Å². The van der Waals surface area contributed by atoms with Gasteiger partial charge >= 0.3 is 21.1 Å². The Morgan fingerprint density at radius 3 is 2.33 bits per heavy atom. The third-order valence-corrected chi connectivity index (χ3v) is 8.31. The van der Waals surface area contributed by atoms with E-state index >= 15 is 0 Å². The van der Waals surface area contributed by atoms with Gasteiger partial charge in [0.15, 0.2) is 0 Å². The molecule has 45 heavy (non-hydrogen) atoms. The Morgan fingerprint density at radius 2 is 1.56 bits per heavy atom. The maximum atomic E-state index is 6.38. The van der Waals surface area contributed by atoms with Crippen molar-refractivity contribution < 1.29 is 25.8 Å². The van der Waals surface area contributed by atoms with Crippen molar-refractivity contribution in [2.24, 2.45) is 0 Å². The zero-order chi connectivity index (χ0) is 30.2. The summed E-state index contributed by atoms with van der Waals surface area (Å²) in [5.41, 5.74) is 9.12. The fourth-order valence-corrected chi connectivity index (χ4v) is 6.03. The number of ether oxygens (including phenoxy) is 1. The van der Waals surface area contributed by atoms with Gasteiger partial charge < -0.3 is 9.30 Å². The summed E-state index contributed by atoms with van der Waals surface area (Å²) in [6.45, 7) is 8.80. The predicted octanol–water partition coefficient (Wildman–Crippen LogP) is 9.67. The smallest absolute Gasteiger partial charge is 0.509 e. The molecule has 0 bridgehead atoms. The van der Waals surface area contributed by atoms with E-state index in [0.29, 0.717) is 17.4 Å². The van der Waals surface area contributed by atoms with Gasteiger partial charge in [0.2, 0.25) is 0 Å². The minimum atomic E-state index is 0. The van der Waals surface area contributed by atoms with Crippen LogP contribution in [-0.4, -0.2) is 19.3 Å². The summed E-state index contributed by atoms with van der Waals surface area (Å²) in [6.07, 6.45) is 7.86. The van der Waals surface area contributed by atoms with E-state index in [9.17, 15) is 0 Å². The summed E-state index contributed by atoms with van der Waals surface area (Å²) in [5.74, 6) is 2.48. The molecule has 5 nitrogen and oxygen atoms in total. The Morgan fingerprint density at radius 1 is 0.800 bits per heavy atom. The molecule has 0 radical (unpaired) electrons. The monoisotopic (exact) mass is 769 g/mol. The van der Waals surface area contributed by atoms with Gasteiger partial charge in [0.1, 0.15) is 5.82 Å². The number of nitrogens with zero attached hydrogens (tertiary/aromatic N) is 4. The number of fused-ring (bicyclic) bond motifs is 3. The second-order valence-corrected chi connectivity index (χ2v) is 11.4. The van der Waals surface area contributed by atoms with E-state index < -0.39 is 0 Å². The molecular formula is C39H34N4OPt. The molecule has 0 amide bonds. The van der Waals surface area contributed by atoms with E-state index in [2.05, 4.69) is 111 Å². The van der Waals surface area contributed by atoms with Crippen LogP contribution in [-0.2, 0) is 33.9 Å². The van der Waals surface area contributed by atoms with Crippen molar-refractivity contribution in [2.45, 2.75) is 46.5 Å². The van der Waals surface area contributed by atoms with Gasteiger partial charge in [-0.25, -0.2) is 4.98 Å². The second kappa shape index (κ2) is 12.9. The molecule has 7 rings (SSSR count). The molecule has 0 atom stereocenters. The molecule has 6 heteroatoms. The number of pyridine rings is 1. The van der Waals surface area contributed by atoms with Crippen LogP contribution in [0.15, 0.2) is 104 Å². The molecule has 0 saturated carbocycles. The summed E-state index contributed by atoms with van der Waals surface area (Å²) >= 11 is 0. The summed E-state index contributed by atoms with van der Waals surface area (Å²) in [6, 6.07) is 36.1. The standard InChI is InChI=1S/C39H34N4O.Pt/c1-5-27-11-9-12-28(6-2)39(27)30-24-41-42(25-30)31-13-10-14-32(22-31)44-33-17-18-35-34-15-7-8-16-36(34)43(37(35)23-33)38-21-29(26(3)4)19-20-40-38;/h7-21,24-26H,5-6H2,1-4H3;/q-2;+2. The molecule has 226 valence electrons. The van der Waals surface area contributed by atoms with Gasteiger partial charge in [-0.1, -0.05) is 69.6 Å². The first-order chi connectivity index (χ1) is 21.5. The van der Waals surface area contributed by atoms with Crippen LogP contribution in [0.4, 0.5) is 0 Å². The average Bonchev–Trinajstić information content (AvgIpc) is 3.67. The molecule has 0 aliphatic carbocycles. The van der Waals surface area contributed by atoms with Crippen molar-refractivity contribution in [3.05, 3.63) is 132 Å². The number of aryl methyl sites for hydroxylation is 2. The molecule has 0 spiro atoms. The van der Waals surface area contributed by atoms with Crippen molar-refractivity contribution >= 4 is 21.8 Å². The average molecular weight is 770 g/mol. The first-order valence-corrected chi connectivity index (χ1v) is 15.3. The number of hydrogen-bond donors (Lipinski definition) is 0. The molecule has 3 heterocycles. The first-order valence-electron chi connectivity index (χ1n) is 15.3. The van der Waals surface area contributed by atoms with E-state index in [1.54, 1.807) is 0 Å². The normalized spacial score (nSPS) is 11.3. The number of aromatic nitrogens is 4. The molecule has 0 aliphatic rings. The van der Waals surface area contributed by atoms with Crippen LogP contribution in [0.5, 0.6) is 11.5 Å². The molecule has 4 aromatic carbocycles. The maximum absolute atomic E-state index is 6.38. The Bertz CT molecular complexity index is 2100. The van der Waals surface area contributed by atoms with Gasteiger partial charge in [-0.2, -0.15) is 17.2 Å². The summed E-state index contributed by atoms with van der Waals surface area (Å²) < 4.78 is 10.4. The van der Waals surface area contributed by atoms with Crippen LogP contribution in [0, 0.1) is 12.1 Å². The molecule has 7 aromatic rings. The van der Waals surface area contributed by atoms with Crippen molar-refractivity contribution in [3.8, 4) is 34.1 Å². The van der Waals surface area contributed by atoms with Gasteiger partial charge in [-0.15, -0.1) is 35.7 Å². The van der Waals surface area contributed by atoms with E-state index in [-0.39, 0.29) is 21.1 Å². The number of rotatable bonds is 8. The third-order valence-electron chi connectivity index (χ3n) is 8.31. The fraction of sp³-hybridized carbons (Fsp3) is 0.179. The first kappa shape index (κ1) is 30.6. The molecule has 0 unspecified atom stereocenters. The summed E-state index contributed by atoms with van der Waals surface area (Å²) in [4.78, 5) is 4.76. The van der Waals surface area contributed by atoms with E-state index in [0.717, 1.165) is 51.7 Å². The number of hydrogen-bond acceptors (Lipinski definition) is 3. The quantitative estimate of drug-likeness (QED) is 0.145. The molecular weight excluding hydrogens is 736 g/mol. The second-order valence-electron chi connectivity index (χ2n) is 11.4. The van der Waals surface area contributed by atoms with Crippen LogP contribution in [0.25, 0.3) is 44.4 Å². The van der Waals surface area contributed by atoms with E-state index in [1.807, 2.05) is 41.3 Å². The van der Waals surface area contributed by atoms with Gasteiger partial charge in [-0.05, 0) is 70.3 Å². The van der Waals surface area contributed by atoms with Crippen LogP contribution in [0.3, 0.4) is 0 Å².